The van der Waals surface area contributed by atoms with Crippen LogP contribution in [0.25, 0.3) is 11.0 Å². The Morgan fingerprint density at radius 1 is 1.43 bits per heavy atom. The van der Waals surface area contributed by atoms with Crippen LogP contribution in [0.15, 0.2) is 12.1 Å². The Balaban J connectivity index is 2.50. The van der Waals surface area contributed by atoms with Crippen molar-refractivity contribution in [3.8, 4) is 5.75 Å². The smallest absolute Gasteiger partial charge is 0.167 e. The summed E-state index contributed by atoms with van der Waals surface area (Å²) in [5, 5.41) is 0.319. The van der Waals surface area contributed by atoms with E-state index in [-0.39, 0.29) is 11.1 Å². The van der Waals surface area contributed by atoms with Gasteiger partial charge in [0, 0.05) is 23.9 Å². The summed E-state index contributed by atoms with van der Waals surface area (Å²) in [6.45, 7) is 4.87. The van der Waals surface area contributed by atoms with E-state index in [9.17, 15) is 4.39 Å². The zero-order chi connectivity index (χ0) is 15.6. The van der Waals surface area contributed by atoms with E-state index >= 15 is 0 Å². The van der Waals surface area contributed by atoms with Gasteiger partial charge in [-0.2, -0.15) is 11.8 Å². The van der Waals surface area contributed by atoms with E-state index in [1.165, 1.54) is 13.2 Å². The van der Waals surface area contributed by atoms with Crippen molar-refractivity contribution < 1.29 is 9.13 Å². The zero-order valence-corrected chi connectivity index (χ0v) is 14.3. The number of hydrogen-bond donors (Lipinski definition) is 0. The summed E-state index contributed by atoms with van der Waals surface area (Å²) in [6.07, 6.45) is 3.10. The third-order valence-corrected chi connectivity index (χ3v) is 4.80. The first-order chi connectivity index (χ1) is 9.97. The summed E-state index contributed by atoms with van der Waals surface area (Å²) in [7, 11) is 1.46. The maximum absolute atomic E-state index is 13.8. The number of halogens is 2. The van der Waals surface area contributed by atoms with Crippen molar-refractivity contribution in [3.05, 3.63) is 23.8 Å². The average Bonchev–Trinajstić information content (AvgIpc) is 2.81. The number of fused-ring (bicyclic) bond motifs is 1. The second-order valence-corrected chi connectivity index (χ2v) is 6.98. The van der Waals surface area contributed by atoms with Gasteiger partial charge in [-0.25, -0.2) is 9.37 Å². The minimum atomic E-state index is -0.402. The van der Waals surface area contributed by atoms with Crippen LogP contribution in [0, 0.1) is 5.82 Å². The summed E-state index contributed by atoms with van der Waals surface area (Å²) in [5.41, 5.74) is 1.48. The van der Waals surface area contributed by atoms with Gasteiger partial charge in [0.1, 0.15) is 5.82 Å². The molecule has 2 aromatic rings. The summed E-state index contributed by atoms with van der Waals surface area (Å²) < 4.78 is 21.0. The fourth-order valence-corrected chi connectivity index (χ4v) is 2.78. The lowest BCUT2D eigenvalue weighted by molar-refractivity contribution is 0.387. The molecular formula is C15H20ClFN2OS. The van der Waals surface area contributed by atoms with Gasteiger partial charge < -0.3 is 9.30 Å². The predicted octanol–water partition coefficient (Wildman–Crippen LogP) is 4.63. The minimum absolute atomic E-state index is 0.226. The number of imidazole rings is 1. The number of benzene rings is 1. The molecule has 0 aliphatic rings. The van der Waals surface area contributed by atoms with Crippen LogP contribution < -0.4 is 4.74 Å². The summed E-state index contributed by atoms with van der Waals surface area (Å²) in [6, 6.07) is 3.11. The Labute approximate surface area is 133 Å². The molecule has 0 amide bonds. The molecule has 1 heterocycles. The second-order valence-electron chi connectivity index (χ2n) is 5.05. The van der Waals surface area contributed by atoms with E-state index in [1.807, 2.05) is 18.7 Å². The number of alkyl halides is 1. The summed E-state index contributed by atoms with van der Waals surface area (Å²) in [4.78, 5) is 4.48. The molecule has 0 saturated heterocycles. The van der Waals surface area contributed by atoms with Crippen LogP contribution in [0.3, 0.4) is 0 Å². The standard InChI is InChI=1S/C15H20ClFN2OS/c1-9(21-4)5-6-19-13-8-14(20-3)11(17)7-12(13)18-15(19)10(2)16/h7-10H,5-6H2,1-4H3. The molecule has 2 rings (SSSR count). The van der Waals surface area contributed by atoms with E-state index in [1.54, 1.807) is 6.07 Å². The fourth-order valence-electron chi connectivity index (χ4n) is 2.27. The summed E-state index contributed by atoms with van der Waals surface area (Å²) >= 11 is 8.05. The summed E-state index contributed by atoms with van der Waals surface area (Å²) in [5.74, 6) is 0.601. The van der Waals surface area contributed by atoms with Crippen molar-refractivity contribution in [3.63, 3.8) is 0 Å². The number of hydrogen-bond acceptors (Lipinski definition) is 3. The highest BCUT2D eigenvalue weighted by atomic mass is 35.5. The third-order valence-electron chi connectivity index (χ3n) is 3.57. The second kappa shape index (κ2) is 6.88. The van der Waals surface area contributed by atoms with Gasteiger partial charge in [0.15, 0.2) is 11.6 Å². The van der Waals surface area contributed by atoms with E-state index in [0.717, 1.165) is 24.3 Å². The van der Waals surface area contributed by atoms with Crippen molar-refractivity contribution in [1.29, 1.82) is 0 Å². The van der Waals surface area contributed by atoms with Crippen LogP contribution in [0.1, 0.15) is 31.5 Å². The number of rotatable bonds is 6. The molecule has 0 aliphatic heterocycles. The van der Waals surface area contributed by atoms with Crippen LogP contribution >= 0.6 is 23.4 Å². The number of methoxy groups -OCH3 is 1. The first kappa shape index (κ1) is 16.4. The van der Waals surface area contributed by atoms with Gasteiger partial charge in [0.2, 0.25) is 0 Å². The number of ether oxygens (including phenoxy) is 1. The quantitative estimate of drug-likeness (QED) is 0.723. The number of aryl methyl sites for hydroxylation is 1. The van der Waals surface area contributed by atoms with Gasteiger partial charge in [-0.3, -0.25) is 0 Å². The Kier molecular flexibility index (Phi) is 5.38. The molecule has 3 nitrogen and oxygen atoms in total. The van der Waals surface area contributed by atoms with Gasteiger partial charge in [0.25, 0.3) is 0 Å². The normalized spacial score (nSPS) is 14.4. The molecule has 0 radical (unpaired) electrons. The lowest BCUT2D eigenvalue weighted by atomic mass is 10.2. The Bertz CT molecular complexity index is 630. The van der Waals surface area contributed by atoms with Crippen LogP contribution in [-0.2, 0) is 6.54 Å². The maximum Gasteiger partial charge on any atom is 0.167 e. The van der Waals surface area contributed by atoms with E-state index in [0.29, 0.717) is 10.8 Å². The van der Waals surface area contributed by atoms with E-state index < -0.39 is 5.82 Å². The molecular weight excluding hydrogens is 311 g/mol. The molecule has 116 valence electrons. The SMILES string of the molecule is COc1cc2c(cc1F)nc(C(C)Cl)n2CCC(C)SC. The first-order valence-corrected chi connectivity index (χ1v) is 8.60. The molecule has 1 aromatic heterocycles. The number of aromatic nitrogens is 2. The van der Waals surface area contributed by atoms with Crippen LogP contribution in [0.5, 0.6) is 5.75 Å². The third kappa shape index (κ3) is 3.46. The van der Waals surface area contributed by atoms with Crippen molar-refractivity contribution in [2.45, 2.75) is 37.4 Å². The van der Waals surface area contributed by atoms with E-state index in [4.69, 9.17) is 16.3 Å². The Morgan fingerprint density at radius 3 is 2.71 bits per heavy atom. The van der Waals surface area contributed by atoms with E-state index in [2.05, 4.69) is 22.7 Å². The van der Waals surface area contributed by atoms with Crippen molar-refractivity contribution in [2.24, 2.45) is 0 Å². The first-order valence-electron chi connectivity index (χ1n) is 6.88. The topological polar surface area (TPSA) is 27.1 Å². The molecule has 0 fully saturated rings. The molecule has 0 bridgehead atoms. The molecule has 2 unspecified atom stereocenters. The van der Waals surface area contributed by atoms with Gasteiger partial charge in [-0.05, 0) is 19.6 Å². The Morgan fingerprint density at radius 2 is 2.14 bits per heavy atom. The fraction of sp³-hybridized carbons (Fsp3) is 0.533. The lowest BCUT2D eigenvalue weighted by Crippen LogP contribution is -2.08. The molecule has 0 saturated carbocycles. The molecule has 0 spiro atoms. The largest absolute Gasteiger partial charge is 0.494 e. The highest BCUT2D eigenvalue weighted by Gasteiger charge is 2.18. The predicted molar refractivity (Wildman–Crippen MR) is 88.1 cm³/mol. The molecule has 21 heavy (non-hydrogen) atoms. The van der Waals surface area contributed by atoms with Gasteiger partial charge in [-0.15, -0.1) is 11.6 Å². The van der Waals surface area contributed by atoms with Crippen LogP contribution in [0.2, 0.25) is 0 Å². The van der Waals surface area contributed by atoms with Crippen molar-refractivity contribution >= 4 is 34.4 Å². The molecule has 2 atom stereocenters. The lowest BCUT2D eigenvalue weighted by Gasteiger charge is -2.13. The molecule has 6 heteroatoms. The monoisotopic (exact) mass is 330 g/mol. The molecule has 0 aliphatic carbocycles. The molecule has 0 N–H and O–H groups in total. The van der Waals surface area contributed by atoms with Crippen LogP contribution in [-0.4, -0.2) is 28.2 Å². The van der Waals surface area contributed by atoms with Crippen LogP contribution in [0.4, 0.5) is 4.39 Å². The highest BCUT2D eigenvalue weighted by molar-refractivity contribution is 7.99. The Hall–Kier alpha value is -0.940. The van der Waals surface area contributed by atoms with Gasteiger partial charge in [-0.1, -0.05) is 6.92 Å². The molecule has 1 aromatic carbocycles. The van der Waals surface area contributed by atoms with Crippen molar-refractivity contribution in [2.75, 3.05) is 13.4 Å². The number of thioether (sulfide) groups is 1. The zero-order valence-electron chi connectivity index (χ0n) is 12.7. The average molecular weight is 331 g/mol. The van der Waals surface area contributed by atoms with Crippen molar-refractivity contribution in [1.82, 2.24) is 9.55 Å². The van der Waals surface area contributed by atoms with Gasteiger partial charge >= 0.3 is 0 Å². The maximum atomic E-state index is 13.8. The minimum Gasteiger partial charge on any atom is -0.494 e. The number of nitrogens with zero attached hydrogens (tertiary/aromatic N) is 2. The highest BCUT2D eigenvalue weighted by Crippen LogP contribution is 2.30. The van der Waals surface area contributed by atoms with Gasteiger partial charge in [0.05, 0.1) is 23.5 Å².